The van der Waals surface area contributed by atoms with Crippen LogP contribution in [0.2, 0.25) is 0 Å². The Bertz CT molecular complexity index is 1280. The first kappa shape index (κ1) is 30.8. The van der Waals surface area contributed by atoms with Gasteiger partial charge in [-0.2, -0.15) is 0 Å². The van der Waals surface area contributed by atoms with Gasteiger partial charge in [0.15, 0.2) is 5.82 Å². The minimum Gasteiger partial charge on any atom is -0.465 e. The molecule has 1 aliphatic heterocycles. The van der Waals surface area contributed by atoms with E-state index in [4.69, 9.17) is 11.6 Å². The summed E-state index contributed by atoms with van der Waals surface area (Å²) in [5.41, 5.74) is 5.26. The maximum atomic E-state index is 11.1. The fourth-order valence-corrected chi connectivity index (χ4v) is 4.22. The van der Waals surface area contributed by atoms with Crippen LogP contribution in [0.25, 0.3) is 11.4 Å². The molecule has 1 saturated heterocycles. The molecule has 7 heteroatoms. The van der Waals surface area contributed by atoms with E-state index >= 15 is 0 Å². The maximum Gasteiger partial charge on any atom is 0.339 e. The lowest BCUT2D eigenvalue weighted by atomic mass is 10.1. The second kappa shape index (κ2) is 16.4. The van der Waals surface area contributed by atoms with E-state index in [2.05, 4.69) is 93.9 Å². The van der Waals surface area contributed by atoms with Crippen molar-refractivity contribution in [2.24, 2.45) is 0 Å². The van der Waals surface area contributed by atoms with Crippen LogP contribution in [0.3, 0.4) is 0 Å². The number of nitrogens with zero attached hydrogens (tertiary/aromatic N) is 4. The van der Waals surface area contributed by atoms with Crippen molar-refractivity contribution in [2.45, 2.75) is 26.7 Å². The number of aromatic nitrogens is 2. The molecule has 6 nitrogen and oxygen atoms in total. The first-order chi connectivity index (χ1) is 19.4. The molecule has 3 aromatic rings. The molecule has 0 bridgehead atoms. The third kappa shape index (κ3) is 9.78. The monoisotopic (exact) mass is 558 g/mol. The number of hydrogen-bond acceptors (Lipinski definition) is 6. The van der Waals surface area contributed by atoms with Crippen LogP contribution in [0.5, 0.6) is 0 Å². The van der Waals surface area contributed by atoms with Crippen molar-refractivity contribution >= 4 is 23.3 Å². The van der Waals surface area contributed by atoms with Gasteiger partial charge in [-0.25, -0.2) is 14.8 Å². The number of carbonyl (C=O) groups excluding carboxylic acids is 1. The highest BCUT2D eigenvalue weighted by molar-refractivity contribution is 6.33. The van der Waals surface area contributed by atoms with E-state index < -0.39 is 5.97 Å². The molecule has 2 heterocycles. The molecule has 2 aliphatic rings. The molecule has 0 radical (unpaired) electrons. The first-order valence-corrected chi connectivity index (χ1v) is 14.0. The summed E-state index contributed by atoms with van der Waals surface area (Å²) in [6, 6.07) is 18.8. The summed E-state index contributed by atoms with van der Waals surface area (Å²) in [4.78, 5) is 24.8. The molecule has 210 valence electrons. The van der Waals surface area contributed by atoms with Crippen molar-refractivity contribution in [1.29, 1.82) is 0 Å². The Balaban J connectivity index is 0.000000187. The fraction of sp³-hybridized carbons (Fsp3) is 0.303. The zero-order valence-corrected chi connectivity index (χ0v) is 24.6. The van der Waals surface area contributed by atoms with E-state index in [-0.39, 0.29) is 0 Å². The number of benzene rings is 2. The average molecular weight is 559 g/mol. The fourth-order valence-electron chi connectivity index (χ4n) is 4.00. The summed E-state index contributed by atoms with van der Waals surface area (Å²) >= 11 is 5.80. The molecule has 0 N–H and O–H groups in total. The smallest absolute Gasteiger partial charge is 0.339 e. The Kier molecular flexibility index (Phi) is 12.6. The highest BCUT2D eigenvalue weighted by Gasteiger charge is 2.15. The van der Waals surface area contributed by atoms with E-state index in [1.807, 2.05) is 30.6 Å². The number of halogens is 1. The van der Waals surface area contributed by atoms with Crippen LogP contribution >= 0.6 is 11.6 Å². The molecule has 40 heavy (non-hydrogen) atoms. The number of methoxy groups -OCH3 is 1. The normalized spacial score (nSPS) is 14.9. The number of piperazine rings is 1. The lowest BCUT2D eigenvalue weighted by Crippen LogP contribution is -2.44. The van der Waals surface area contributed by atoms with Crippen molar-refractivity contribution in [1.82, 2.24) is 14.9 Å². The zero-order chi connectivity index (χ0) is 28.7. The molecule has 1 fully saturated rings. The largest absolute Gasteiger partial charge is 0.465 e. The number of esters is 1. The lowest BCUT2D eigenvalue weighted by molar-refractivity contribution is -0.135. The summed E-state index contributed by atoms with van der Waals surface area (Å²) in [6.07, 6.45) is 12.9. The van der Waals surface area contributed by atoms with Gasteiger partial charge in [0, 0.05) is 31.7 Å². The molecule has 0 saturated carbocycles. The Hall–Kier alpha value is -3.74. The van der Waals surface area contributed by atoms with Crippen LogP contribution in [-0.4, -0.2) is 61.2 Å². The van der Waals surface area contributed by atoms with Crippen molar-refractivity contribution < 1.29 is 9.53 Å². The van der Waals surface area contributed by atoms with Crippen molar-refractivity contribution in [3.63, 3.8) is 0 Å². The molecular formula is C33H39ClN4O2. The molecular weight excluding hydrogens is 520 g/mol. The minimum atomic E-state index is -0.400. The number of hydrogen-bond donors (Lipinski definition) is 0. The van der Waals surface area contributed by atoms with Crippen molar-refractivity contribution in [3.05, 3.63) is 113 Å². The molecule has 0 atom stereocenters. The van der Waals surface area contributed by atoms with E-state index in [0.717, 1.165) is 56.1 Å². The molecule has 1 aromatic heterocycles. The predicted octanol–water partition coefficient (Wildman–Crippen LogP) is 6.62. The van der Waals surface area contributed by atoms with Crippen LogP contribution in [0.1, 0.15) is 24.5 Å². The van der Waals surface area contributed by atoms with Gasteiger partial charge >= 0.3 is 5.97 Å². The molecule has 0 spiro atoms. The molecule has 0 unspecified atom stereocenters. The molecule has 0 amide bonds. The number of carbonyl (C=O) groups is 1. The highest BCUT2D eigenvalue weighted by Crippen LogP contribution is 2.19. The van der Waals surface area contributed by atoms with Crippen LogP contribution in [0.15, 0.2) is 102 Å². The number of rotatable bonds is 4. The molecule has 2 aromatic carbocycles. The van der Waals surface area contributed by atoms with Crippen LogP contribution < -0.4 is 4.90 Å². The lowest BCUT2D eigenvalue weighted by Gasteiger charge is -2.33. The standard InChI is InChI=1S/C16H20N4.C9H9ClO2.C8H10/c1-13-3-5-14(6-4-13)16-17-11-15(12-18-16)20-9-7-19(2)8-10-20;1-12-9(11)7-5-3-2-4-6-8(7)10;1-2-8-6-4-3-5-7-8/h3-6,11-12H,7-10H2,1-2H3;3-6H,2H2,1H3;3-7H,2H2,1H3. The van der Waals surface area contributed by atoms with Crippen molar-refractivity contribution in [2.75, 3.05) is 45.2 Å². The molecule has 1 aliphatic carbocycles. The zero-order valence-electron chi connectivity index (χ0n) is 23.9. The average Bonchev–Trinajstić information content (AvgIpc) is 3.23. The predicted molar refractivity (Wildman–Crippen MR) is 166 cm³/mol. The third-order valence-corrected chi connectivity index (χ3v) is 6.88. The first-order valence-electron chi connectivity index (χ1n) is 13.6. The number of anilines is 1. The van der Waals surface area contributed by atoms with E-state index in [9.17, 15) is 4.79 Å². The summed E-state index contributed by atoms with van der Waals surface area (Å²) in [7, 11) is 3.50. The van der Waals surface area contributed by atoms with Crippen LogP contribution in [0.4, 0.5) is 5.69 Å². The second-order valence-electron chi connectivity index (χ2n) is 9.55. The van der Waals surface area contributed by atoms with Gasteiger partial charge in [0.1, 0.15) is 0 Å². The van der Waals surface area contributed by atoms with Gasteiger partial charge in [-0.05, 0) is 44.5 Å². The summed E-state index contributed by atoms with van der Waals surface area (Å²) in [5.74, 6) is 0.394. The quantitative estimate of drug-likeness (QED) is 0.335. The Labute approximate surface area is 243 Å². The number of allylic oxidation sites excluding steroid dienone is 4. The Morgan fingerprint density at radius 3 is 2.12 bits per heavy atom. The maximum absolute atomic E-state index is 11.1. The minimum absolute atomic E-state index is 0.400. The molecule has 5 rings (SSSR count). The Morgan fingerprint density at radius 1 is 0.925 bits per heavy atom. The van der Waals surface area contributed by atoms with Gasteiger partial charge in [0.2, 0.25) is 0 Å². The number of likely N-dealkylation sites (N-methyl/N-ethyl adjacent to an activating group) is 1. The summed E-state index contributed by atoms with van der Waals surface area (Å²) in [5, 5.41) is 0.426. The van der Waals surface area contributed by atoms with Gasteiger partial charge in [-0.1, -0.05) is 90.8 Å². The summed E-state index contributed by atoms with van der Waals surface area (Å²) < 4.78 is 4.55. The highest BCUT2D eigenvalue weighted by atomic mass is 35.5. The van der Waals surface area contributed by atoms with Gasteiger partial charge in [0.05, 0.1) is 35.8 Å². The van der Waals surface area contributed by atoms with Gasteiger partial charge in [-0.3, -0.25) is 0 Å². The van der Waals surface area contributed by atoms with Crippen LogP contribution in [-0.2, 0) is 16.0 Å². The van der Waals surface area contributed by atoms with Gasteiger partial charge in [0.25, 0.3) is 0 Å². The van der Waals surface area contributed by atoms with Crippen LogP contribution in [0, 0.1) is 6.92 Å². The SMILES string of the molecule is CCc1ccccc1.COC(=O)C1=C(Cl)C=CCC=C1.Cc1ccc(-c2ncc(N3CCN(C)CC3)cn2)cc1. The van der Waals surface area contributed by atoms with E-state index in [0.29, 0.717) is 10.6 Å². The second-order valence-corrected chi connectivity index (χ2v) is 9.96. The number of ether oxygens (including phenoxy) is 1. The van der Waals surface area contributed by atoms with Crippen molar-refractivity contribution in [3.8, 4) is 11.4 Å². The van der Waals surface area contributed by atoms with E-state index in [1.54, 1.807) is 12.2 Å². The van der Waals surface area contributed by atoms with Gasteiger partial charge < -0.3 is 14.5 Å². The third-order valence-electron chi connectivity index (χ3n) is 6.55. The number of aryl methyl sites for hydroxylation is 2. The summed E-state index contributed by atoms with van der Waals surface area (Å²) in [6.45, 7) is 8.53. The van der Waals surface area contributed by atoms with Gasteiger partial charge in [-0.15, -0.1) is 0 Å². The Morgan fingerprint density at radius 2 is 1.55 bits per heavy atom. The topological polar surface area (TPSA) is 58.6 Å². The van der Waals surface area contributed by atoms with E-state index in [1.165, 1.54) is 18.2 Å².